The Bertz CT molecular complexity index is 676. The molecule has 2 aromatic rings. The van der Waals surface area contributed by atoms with Crippen LogP contribution in [-0.2, 0) is 17.1 Å². The van der Waals surface area contributed by atoms with Crippen molar-refractivity contribution in [3.05, 3.63) is 35.8 Å². The average Bonchev–Trinajstić information content (AvgIpc) is 2.58. The molecule has 1 N–H and O–H groups in total. The molecule has 0 saturated heterocycles. The van der Waals surface area contributed by atoms with Crippen LogP contribution in [0.4, 0.5) is 5.82 Å². The Morgan fingerprint density at radius 3 is 2.61 bits per heavy atom. The number of rotatable bonds is 3. The second-order valence-corrected chi connectivity index (χ2v) is 5.73. The molecule has 18 heavy (non-hydrogen) atoms. The van der Waals surface area contributed by atoms with E-state index in [0.717, 1.165) is 5.56 Å². The summed E-state index contributed by atoms with van der Waals surface area (Å²) in [5.41, 5.74) is 1.39. The highest BCUT2D eigenvalue weighted by Crippen LogP contribution is 2.17. The van der Waals surface area contributed by atoms with Gasteiger partial charge < -0.3 is 0 Å². The van der Waals surface area contributed by atoms with Gasteiger partial charge in [0.1, 0.15) is 10.7 Å². The van der Waals surface area contributed by atoms with Crippen LogP contribution in [0.5, 0.6) is 0 Å². The molecule has 0 unspecified atom stereocenters. The number of aromatic nitrogens is 3. The van der Waals surface area contributed by atoms with Gasteiger partial charge in [-0.25, -0.2) is 13.4 Å². The molecule has 0 aliphatic carbocycles. The molecule has 0 radical (unpaired) electrons. The molecule has 0 aliphatic heterocycles. The molecule has 0 amide bonds. The minimum absolute atomic E-state index is 0.160. The van der Waals surface area contributed by atoms with E-state index in [4.69, 9.17) is 0 Å². The smallest absolute Gasteiger partial charge is 0.266 e. The number of pyridine rings is 1. The van der Waals surface area contributed by atoms with Gasteiger partial charge in [-0.1, -0.05) is 0 Å². The van der Waals surface area contributed by atoms with Crippen LogP contribution in [0.2, 0.25) is 0 Å². The first-order chi connectivity index (χ1) is 8.38. The Hall–Kier alpha value is -1.89. The number of nitrogens with one attached hydrogen (secondary N) is 1. The highest BCUT2D eigenvalue weighted by Gasteiger charge is 2.20. The second kappa shape index (κ2) is 4.41. The number of anilines is 1. The van der Waals surface area contributed by atoms with E-state index in [1.54, 1.807) is 32.3 Å². The van der Waals surface area contributed by atoms with Crippen molar-refractivity contribution in [2.45, 2.75) is 18.7 Å². The van der Waals surface area contributed by atoms with Crippen molar-refractivity contribution in [1.29, 1.82) is 0 Å². The minimum atomic E-state index is -3.64. The van der Waals surface area contributed by atoms with Crippen LogP contribution >= 0.6 is 0 Å². The van der Waals surface area contributed by atoms with Crippen LogP contribution in [0.3, 0.4) is 0 Å². The van der Waals surface area contributed by atoms with Crippen LogP contribution in [0, 0.1) is 13.8 Å². The summed E-state index contributed by atoms with van der Waals surface area (Å²) in [6.07, 6.45) is 3.02. The van der Waals surface area contributed by atoms with Gasteiger partial charge in [0.25, 0.3) is 10.0 Å². The molecule has 0 saturated carbocycles. The van der Waals surface area contributed by atoms with Gasteiger partial charge in [0.15, 0.2) is 0 Å². The number of sulfonamides is 1. The van der Waals surface area contributed by atoms with Crippen molar-refractivity contribution in [2.24, 2.45) is 7.05 Å². The lowest BCUT2D eigenvalue weighted by Gasteiger charge is -2.06. The first-order valence-corrected chi connectivity index (χ1v) is 6.82. The van der Waals surface area contributed by atoms with Crippen molar-refractivity contribution in [2.75, 3.05) is 4.72 Å². The van der Waals surface area contributed by atoms with Gasteiger partial charge in [0.2, 0.25) is 0 Å². The maximum Gasteiger partial charge on any atom is 0.266 e. The molecule has 0 aliphatic rings. The topological polar surface area (TPSA) is 76.9 Å². The summed E-state index contributed by atoms with van der Waals surface area (Å²) in [5.74, 6) is 0.304. The molecule has 0 aromatic carbocycles. The van der Waals surface area contributed by atoms with Crippen molar-refractivity contribution in [3.63, 3.8) is 0 Å². The Morgan fingerprint density at radius 2 is 2.06 bits per heavy atom. The Morgan fingerprint density at radius 1 is 1.33 bits per heavy atom. The first-order valence-electron chi connectivity index (χ1n) is 5.34. The predicted molar refractivity (Wildman–Crippen MR) is 67.7 cm³/mol. The zero-order chi connectivity index (χ0) is 13.3. The van der Waals surface area contributed by atoms with Gasteiger partial charge in [-0.05, 0) is 31.5 Å². The molecule has 2 aromatic heterocycles. The van der Waals surface area contributed by atoms with Crippen LogP contribution in [-0.4, -0.2) is 23.2 Å². The standard InChI is InChI=1S/C11H14N4O2S/c1-8-4-5-12-11(6-8)14-18(16,17)10-7-15(3)13-9(10)2/h4-7H,1-3H3,(H,12,14). The summed E-state index contributed by atoms with van der Waals surface area (Å²) in [5, 5.41) is 4.01. The fraction of sp³-hybridized carbons (Fsp3) is 0.273. The third-order valence-corrected chi connectivity index (χ3v) is 3.87. The number of hydrogen-bond donors (Lipinski definition) is 1. The maximum absolute atomic E-state index is 12.1. The summed E-state index contributed by atoms with van der Waals surface area (Å²) < 4.78 is 28.2. The second-order valence-electron chi connectivity index (χ2n) is 4.08. The van der Waals surface area contributed by atoms with E-state index in [1.165, 1.54) is 10.9 Å². The minimum Gasteiger partial charge on any atom is -0.274 e. The predicted octanol–water partition coefficient (Wildman–Crippen LogP) is 1.23. The van der Waals surface area contributed by atoms with Crippen molar-refractivity contribution < 1.29 is 8.42 Å². The van der Waals surface area contributed by atoms with E-state index in [-0.39, 0.29) is 4.90 Å². The van der Waals surface area contributed by atoms with Crippen molar-refractivity contribution >= 4 is 15.8 Å². The molecular weight excluding hydrogens is 252 g/mol. The van der Waals surface area contributed by atoms with E-state index in [9.17, 15) is 8.42 Å². The number of nitrogens with zero attached hydrogens (tertiary/aromatic N) is 3. The Balaban J connectivity index is 2.36. The molecule has 2 heterocycles. The lowest BCUT2D eigenvalue weighted by molar-refractivity contribution is 0.600. The molecule has 0 bridgehead atoms. The van der Waals surface area contributed by atoms with E-state index in [1.807, 2.05) is 6.92 Å². The summed E-state index contributed by atoms with van der Waals surface area (Å²) >= 11 is 0. The summed E-state index contributed by atoms with van der Waals surface area (Å²) in [4.78, 5) is 4.13. The summed E-state index contributed by atoms with van der Waals surface area (Å²) in [7, 11) is -1.96. The van der Waals surface area contributed by atoms with E-state index >= 15 is 0 Å². The van der Waals surface area contributed by atoms with Gasteiger partial charge in [0, 0.05) is 19.4 Å². The molecule has 0 spiro atoms. The highest BCUT2D eigenvalue weighted by molar-refractivity contribution is 7.92. The third-order valence-electron chi connectivity index (χ3n) is 2.41. The molecule has 7 heteroatoms. The SMILES string of the molecule is Cc1ccnc(NS(=O)(=O)c2cn(C)nc2C)c1. The molecule has 96 valence electrons. The zero-order valence-corrected chi connectivity index (χ0v) is 11.2. The van der Waals surface area contributed by atoms with E-state index in [2.05, 4.69) is 14.8 Å². The fourth-order valence-electron chi connectivity index (χ4n) is 1.63. The third kappa shape index (κ3) is 2.51. The number of aryl methyl sites for hydroxylation is 3. The van der Waals surface area contributed by atoms with Gasteiger partial charge in [-0.3, -0.25) is 9.40 Å². The monoisotopic (exact) mass is 266 g/mol. The number of hydrogen-bond acceptors (Lipinski definition) is 4. The van der Waals surface area contributed by atoms with Gasteiger partial charge in [-0.15, -0.1) is 0 Å². The molecule has 0 atom stereocenters. The molecule has 0 fully saturated rings. The normalized spacial score (nSPS) is 11.5. The quantitative estimate of drug-likeness (QED) is 0.906. The lowest BCUT2D eigenvalue weighted by Crippen LogP contribution is -2.14. The van der Waals surface area contributed by atoms with Gasteiger partial charge in [0.05, 0.1) is 5.69 Å². The van der Waals surface area contributed by atoms with Crippen LogP contribution < -0.4 is 4.72 Å². The first kappa shape index (κ1) is 12.6. The van der Waals surface area contributed by atoms with Crippen molar-refractivity contribution in [3.8, 4) is 0 Å². The summed E-state index contributed by atoms with van der Waals surface area (Å²) in [6, 6.07) is 3.47. The molecule has 2 rings (SSSR count). The van der Waals surface area contributed by atoms with Gasteiger partial charge in [-0.2, -0.15) is 5.10 Å². The lowest BCUT2D eigenvalue weighted by atomic mass is 10.3. The van der Waals surface area contributed by atoms with Gasteiger partial charge >= 0.3 is 0 Å². The largest absolute Gasteiger partial charge is 0.274 e. The van der Waals surface area contributed by atoms with Crippen LogP contribution in [0.25, 0.3) is 0 Å². The molecular formula is C11H14N4O2S. The fourth-order valence-corrected chi connectivity index (χ4v) is 2.84. The summed E-state index contributed by atoms with van der Waals surface area (Å²) in [6.45, 7) is 3.52. The van der Waals surface area contributed by atoms with E-state index < -0.39 is 10.0 Å². The Kier molecular flexibility index (Phi) is 3.08. The molecule has 6 nitrogen and oxygen atoms in total. The van der Waals surface area contributed by atoms with Crippen LogP contribution in [0.15, 0.2) is 29.4 Å². The average molecular weight is 266 g/mol. The zero-order valence-electron chi connectivity index (χ0n) is 10.4. The van der Waals surface area contributed by atoms with Crippen molar-refractivity contribution in [1.82, 2.24) is 14.8 Å². The highest BCUT2D eigenvalue weighted by atomic mass is 32.2. The van der Waals surface area contributed by atoms with Crippen LogP contribution in [0.1, 0.15) is 11.3 Å². The Labute approximate surface area is 106 Å². The maximum atomic E-state index is 12.1. The van der Waals surface area contributed by atoms with E-state index in [0.29, 0.717) is 11.5 Å².